The van der Waals surface area contributed by atoms with E-state index in [2.05, 4.69) is 32.9 Å². The van der Waals surface area contributed by atoms with Crippen molar-refractivity contribution < 1.29 is 9.59 Å². The molecular weight excluding hydrogens is 442 g/mol. The lowest BCUT2D eigenvalue weighted by Crippen LogP contribution is -2.46. The Bertz CT molecular complexity index is 1450. The second-order valence-electron chi connectivity index (χ2n) is 7.64. The van der Waals surface area contributed by atoms with Gasteiger partial charge in [-0.05, 0) is 29.8 Å². The molecule has 1 aromatic heterocycles. The summed E-state index contributed by atoms with van der Waals surface area (Å²) in [7, 11) is 0. The van der Waals surface area contributed by atoms with Crippen LogP contribution < -0.4 is 21.7 Å². The van der Waals surface area contributed by atoms with Crippen LogP contribution in [-0.4, -0.2) is 22.0 Å². The third-order valence-corrected chi connectivity index (χ3v) is 5.20. The van der Waals surface area contributed by atoms with E-state index in [1.807, 2.05) is 36.4 Å². The molecule has 0 bridgehead atoms. The minimum absolute atomic E-state index is 0.203. The molecule has 174 valence electrons. The molecule has 1 atom stereocenters. The number of allylic oxidation sites excluding steroid dienone is 1. The molecule has 8 heteroatoms. The number of nitrogens with one attached hydrogen (secondary N) is 4. The summed E-state index contributed by atoms with van der Waals surface area (Å²) < 4.78 is 0. The molecule has 35 heavy (non-hydrogen) atoms. The van der Waals surface area contributed by atoms with Crippen molar-refractivity contribution in [2.45, 2.75) is 6.04 Å². The molecule has 0 radical (unpaired) electrons. The summed E-state index contributed by atoms with van der Waals surface area (Å²) in [5.74, 6) is -1.06. The van der Waals surface area contributed by atoms with Gasteiger partial charge in [0.1, 0.15) is 5.69 Å². The average molecular weight is 466 g/mol. The van der Waals surface area contributed by atoms with Gasteiger partial charge >= 0.3 is 0 Å². The second-order valence-corrected chi connectivity index (χ2v) is 7.64. The predicted octanol–water partition coefficient (Wildman–Crippen LogP) is 3.24. The summed E-state index contributed by atoms with van der Waals surface area (Å²) in [6.07, 6.45) is 3.55. The number of aromatic amines is 1. The topological polar surface area (TPSA) is 116 Å². The molecule has 0 aliphatic carbocycles. The van der Waals surface area contributed by atoms with Crippen LogP contribution in [0.1, 0.15) is 27.7 Å². The lowest BCUT2D eigenvalue weighted by molar-refractivity contribution is -0.124. The third kappa shape index (κ3) is 5.69. The van der Waals surface area contributed by atoms with E-state index in [-0.39, 0.29) is 5.69 Å². The van der Waals surface area contributed by atoms with E-state index in [9.17, 15) is 14.4 Å². The minimum atomic E-state index is -1.21. The number of rotatable bonds is 8. The van der Waals surface area contributed by atoms with Crippen molar-refractivity contribution in [3.8, 4) is 0 Å². The van der Waals surface area contributed by atoms with Gasteiger partial charge in [-0.25, -0.2) is 5.10 Å². The van der Waals surface area contributed by atoms with Gasteiger partial charge in [-0.15, -0.1) is 0 Å². The van der Waals surface area contributed by atoms with Gasteiger partial charge in [-0.3, -0.25) is 25.2 Å². The summed E-state index contributed by atoms with van der Waals surface area (Å²) in [4.78, 5) is 38.4. The molecule has 0 saturated carbocycles. The first-order valence-electron chi connectivity index (χ1n) is 10.8. The van der Waals surface area contributed by atoms with E-state index < -0.39 is 23.4 Å². The van der Waals surface area contributed by atoms with Crippen LogP contribution in [0.3, 0.4) is 0 Å². The Morgan fingerprint density at radius 1 is 0.857 bits per heavy atom. The maximum atomic E-state index is 13.2. The average Bonchev–Trinajstić information content (AvgIpc) is 2.91. The number of fused-ring (bicyclic) bond motifs is 1. The molecule has 0 aliphatic heterocycles. The van der Waals surface area contributed by atoms with Gasteiger partial charge in [0.2, 0.25) is 0 Å². The Hall–Kier alpha value is -4.98. The van der Waals surface area contributed by atoms with Gasteiger partial charge < -0.3 is 5.32 Å². The maximum Gasteiger partial charge on any atom is 0.272 e. The Labute approximate surface area is 201 Å². The molecule has 0 unspecified atom stereocenters. The molecule has 0 aliphatic rings. The molecular formula is C27H23N5O3. The number of carbonyl (C=O) groups is 2. The standard InChI is InChI=1S/C27H23N5O3/c1-18(16-17-19-10-4-2-5-11-19)29-32-27(35)24(28-25(33)20-12-6-3-7-13-20)23-21-14-8-9-15-22(21)26(34)31-30-23/h2-17,24,29H,1H2,(H,28,33)(H,31,34)(H,32,35)/b17-16+/t24-/m0/s1. The molecule has 0 fully saturated rings. The van der Waals surface area contributed by atoms with Crippen molar-refractivity contribution in [2.24, 2.45) is 0 Å². The molecule has 3 aromatic carbocycles. The zero-order valence-corrected chi connectivity index (χ0v) is 18.7. The number of aromatic nitrogens is 2. The van der Waals surface area contributed by atoms with Crippen molar-refractivity contribution in [2.75, 3.05) is 0 Å². The highest BCUT2D eigenvalue weighted by Crippen LogP contribution is 2.20. The SMILES string of the molecule is C=C(/C=C/c1ccccc1)NNC(=O)[C@@H](NC(=O)c1ccccc1)c1n[nH]c(=O)c2ccccc12. The van der Waals surface area contributed by atoms with E-state index in [0.29, 0.717) is 22.0 Å². The smallest absolute Gasteiger partial charge is 0.272 e. The summed E-state index contributed by atoms with van der Waals surface area (Å²) in [5.41, 5.74) is 6.89. The van der Waals surface area contributed by atoms with Gasteiger partial charge in [0.15, 0.2) is 6.04 Å². The largest absolute Gasteiger partial charge is 0.335 e. The van der Waals surface area contributed by atoms with Crippen molar-refractivity contribution in [1.82, 2.24) is 26.4 Å². The molecule has 8 nitrogen and oxygen atoms in total. The molecule has 1 heterocycles. The first-order chi connectivity index (χ1) is 17.0. The van der Waals surface area contributed by atoms with E-state index in [1.165, 1.54) is 0 Å². The molecule has 4 rings (SSSR count). The predicted molar refractivity (Wildman–Crippen MR) is 135 cm³/mol. The summed E-state index contributed by atoms with van der Waals surface area (Å²) in [6.45, 7) is 3.88. The number of hydrazine groups is 1. The monoisotopic (exact) mass is 465 g/mol. The molecule has 0 spiro atoms. The Kier molecular flexibility index (Phi) is 7.13. The number of nitrogens with zero attached hydrogens (tertiary/aromatic N) is 1. The van der Waals surface area contributed by atoms with Crippen molar-refractivity contribution in [3.63, 3.8) is 0 Å². The van der Waals surface area contributed by atoms with Crippen LogP contribution in [0.15, 0.2) is 108 Å². The number of H-pyrrole nitrogens is 1. The lowest BCUT2D eigenvalue weighted by atomic mass is 10.0. The van der Waals surface area contributed by atoms with Crippen LogP contribution in [-0.2, 0) is 4.79 Å². The quantitative estimate of drug-likeness (QED) is 0.236. The lowest BCUT2D eigenvalue weighted by Gasteiger charge is -2.20. The normalized spacial score (nSPS) is 11.7. The molecule has 4 aromatic rings. The van der Waals surface area contributed by atoms with E-state index in [0.717, 1.165) is 5.56 Å². The second kappa shape index (κ2) is 10.8. The van der Waals surface area contributed by atoms with Gasteiger partial charge in [0, 0.05) is 16.6 Å². The van der Waals surface area contributed by atoms with E-state index in [4.69, 9.17) is 0 Å². The summed E-state index contributed by atoms with van der Waals surface area (Å²) in [5, 5.41) is 10.0. The fourth-order valence-corrected chi connectivity index (χ4v) is 3.43. The van der Waals surface area contributed by atoms with Crippen LogP contribution in [0, 0.1) is 0 Å². The number of amides is 2. The third-order valence-electron chi connectivity index (χ3n) is 5.20. The van der Waals surface area contributed by atoms with Gasteiger partial charge in [0.05, 0.1) is 5.39 Å². The van der Waals surface area contributed by atoms with Gasteiger partial charge in [-0.1, -0.05) is 79.4 Å². The fourth-order valence-electron chi connectivity index (χ4n) is 3.43. The van der Waals surface area contributed by atoms with Gasteiger partial charge in [0.25, 0.3) is 17.4 Å². The molecule has 0 saturated heterocycles. The van der Waals surface area contributed by atoms with Crippen LogP contribution in [0.4, 0.5) is 0 Å². The number of carbonyl (C=O) groups excluding carboxylic acids is 2. The first kappa shape index (κ1) is 23.2. The van der Waals surface area contributed by atoms with Crippen molar-refractivity contribution in [1.29, 1.82) is 0 Å². The highest BCUT2D eigenvalue weighted by atomic mass is 16.2. The van der Waals surface area contributed by atoms with Crippen LogP contribution in [0.5, 0.6) is 0 Å². The summed E-state index contributed by atoms with van der Waals surface area (Å²) >= 11 is 0. The van der Waals surface area contributed by atoms with E-state index >= 15 is 0 Å². The van der Waals surface area contributed by atoms with Gasteiger partial charge in [-0.2, -0.15) is 5.10 Å². The highest BCUT2D eigenvalue weighted by molar-refractivity contribution is 5.99. The van der Waals surface area contributed by atoms with Crippen LogP contribution >= 0.6 is 0 Å². The number of hydrogen-bond donors (Lipinski definition) is 4. The highest BCUT2D eigenvalue weighted by Gasteiger charge is 2.27. The Morgan fingerprint density at radius 2 is 1.49 bits per heavy atom. The Balaban J connectivity index is 1.58. The van der Waals surface area contributed by atoms with Crippen LogP contribution in [0.2, 0.25) is 0 Å². The zero-order chi connectivity index (χ0) is 24.6. The fraction of sp³-hybridized carbons (Fsp3) is 0.0370. The Morgan fingerprint density at radius 3 is 2.20 bits per heavy atom. The van der Waals surface area contributed by atoms with Crippen molar-refractivity contribution in [3.05, 3.63) is 130 Å². The first-order valence-corrected chi connectivity index (χ1v) is 10.8. The van der Waals surface area contributed by atoms with E-state index in [1.54, 1.807) is 60.7 Å². The summed E-state index contributed by atoms with van der Waals surface area (Å²) in [6, 6.07) is 23.7. The maximum absolute atomic E-state index is 13.2. The number of benzene rings is 3. The molecule has 2 amide bonds. The van der Waals surface area contributed by atoms with Crippen molar-refractivity contribution >= 4 is 28.7 Å². The van der Waals surface area contributed by atoms with Crippen LogP contribution in [0.25, 0.3) is 16.8 Å². The number of hydrogen-bond acceptors (Lipinski definition) is 5. The zero-order valence-electron chi connectivity index (χ0n) is 18.7. The minimum Gasteiger partial charge on any atom is -0.335 e. The molecule has 4 N–H and O–H groups in total.